The van der Waals surface area contributed by atoms with E-state index in [1.54, 1.807) is 7.11 Å². The molecule has 82 valence electrons. The van der Waals surface area contributed by atoms with Crippen molar-refractivity contribution in [3.63, 3.8) is 0 Å². The van der Waals surface area contributed by atoms with Crippen LogP contribution in [0.1, 0.15) is 12.5 Å². The molecule has 4 nitrogen and oxygen atoms in total. The maximum Gasteiger partial charge on any atom is 0.319 e. The number of nitrogens with zero attached hydrogens (tertiary/aromatic N) is 1. The highest BCUT2D eigenvalue weighted by Gasteiger charge is 2.16. The van der Waals surface area contributed by atoms with Crippen molar-refractivity contribution < 1.29 is 9.53 Å². The zero-order valence-corrected chi connectivity index (χ0v) is 9.28. The second kappa shape index (κ2) is 4.68. The Bertz CT molecular complexity index is 364. The van der Waals surface area contributed by atoms with Gasteiger partial charge in [0.25, 0.3) is 0 Å². The Labute approximate surface area is 89.6 Å². The van der Waals surface area contributed by atoms with Crippen LogP contribution in [0.25, 0.3) is 0 Å². The number of hydrogen-bond donors (Lipinski definition) is 1. The van der Waals surface area contributed by atoms with Crippen LogP contribution < -0.4 is 15.4 Å². The number of methoxy groups -OCH3 is 1. The number of ether oxygens (including phenoxy) is 1. The summed E-state index contributed by atoms with van der Waals surface area (Å²) < 4.78 is 5.21. The van der Waals surface area contributed by atoms with Gasteiger partial charge in [-0.1, -0.05) is 12.1 Å². The van der Waals surface area contributed by atoms with Crippen molar-refractivity contribution in [1.29, 1.82) is 0 Å². The summed E-state index contributed by atoms with van der Waals surface area (Å²) in [5.41, 5.74) is 7.02. The lowest BCUT2D eigenvalue weighted by molar-refractivity contribution is 0.254. The SMILES string of the molecule is CCN(C(N)=O)c1c(C)cccc1OC. The maximum atomic E-state index is 11.2. The molecule has 2 amide bonds. The largest absolute Gasteiger partial charge is 0.495 e. The van der Waals surface area contributed by atoms with Gasteiger partial charge in [-0.15, -0.1) is 0 Å². The van der Waals surface area contributed by atoms with E-state index in [1.165, 1.54) is 4.90 Å². The first-order valence-electron chi connectivity index (χ1n) is 4.82. The van der Waals surface area contributed by atoms with Gasteiger partial charge in [-0.05, 0) is 25.5 Å². The Morgan fingerprint density at radius 3 is 2.67 bits per heavy atom. The van der Waals surface area contributed by atoms with Crippen LogP contribution in [0.5, 0.6) is 5.75 Å². The molecule has 0 aliphatic rings. The number of anilines is 1. The number of amides is 2. The number of aryl methyl sites for hydroxylation is 1. The second-order valence-electron chi connectivity index (χ2n) is 3.21. The van der Waals surface area contributed by atoms with E-state index in [1.807, 2.05) is 32.0 Å². The molecule has 2 N–H and O–H groups in total. The van der Waals surface area contributed by atoms with Gasteiger partial charge in [-0.2, -0.15) is 0 Å². The van der Waals surface area contributed by atoms with Gasteiger partial charge in [-0.3, -0.25) is 4.90 Å². The Balaban J connectivity index is 3.26. The number of benzene rings is 1. The molecule has 0 aliphatic heterocycles. The molecule has 0 spiro atoms. The molecular weight excluding hydrogens is 192 g/mol. The molecule has 0 saturated heterocycles. The summed E-state index contributed by atoms with van der Waals surface area (Å²) in [5, 5.41) is 0. The quantitative estimate of drug-likeness (QED) is 0.824. The van der Waals surface area contributed by atoms with E-state index in [0.29, 0.717) is 12.3 Å². The number of carbonyl (C=O) groups excluding carboxylic acids is 1. The molecule has 4 heteroatoms. The third kappa shape index (κ3) is 2.21. The topological polar surface area (TPSA) is 55.6 Å². The fourth-order valence-electron chi connectivity index (χ4n) is 1.57. The Kier molecular flexibility index (Phi) is 3.55. The Hall–Kier alpha value is -1.71. The van der Waals surface area contributed by atoms with Crippen molar-refractivity contribution in [3.8, 4) is 5.75 Å². The molecule has 0 aliphatic carbocycles. The number of para-hydroxylation sites is 1. The number of carbonyl (C=O) groups is 1. The minimum atomic E-state index is -0.467. The van der Waals surface area contributed by atoms with Crippen LogP contribution in [0.15, 0.2) is 18.2 Å². The maximum absolute atomic E-state index is 11.2. The van der Waals surface area contributed by atoms with Crippen LogP contribution in [0, 0.1) is 6.92 Å². The van der Waals surface area contributed by atoms with E-state index in [9.17, 15) is 4.79 Å². The van der Waals surface area contributed by atoms with Crippen molar-refractivity contribution in [3.05, 3.63) is 23.8 Å². The van der Waals surface area contributed by atoms with Crippen molar-refractivity contribution in [2.75, 3.05) is 18.6 Å². The van der Waals surface area contributed by atoms with Gasteiger partial charge in [0.1, 0.15) is 5.75 Å². The average molecular weight is 208 g/mol. The lowest BCUT2D eigenvalue weighted by atomic mass is 10.1. The first-order chi connectivity index (χ1) is 7.11. The highest BCUT2D eigenvalue weighted by molar-refractivity contribution is 5.93. The fourth-order valence-corrected chi connectivity index (χ4v) is 1.57. The highest BCUT2D eigenvalue weighted by Crippen LogP contribution is 2.31. The lowest BCUT2D eigenvalue weighted by Gasteiger charge is -2.22. The molecule has 0 bridgehead atoms. The molecule has 0 unspecified atom stereocenters. The van der Waals surface area contributed by atoms with E-state index < -0.39 is 6.03 Å². The van der Waals surface area contributed by atoms with Gasteiger partial charge in [0.05, 0.1) is 12.8 Å². The van der Waals surface area contributed by atoms with Crippen molar-refractivity contribution in [1.82, 2.24) is 0 Å². The van der Waals surface area contributed by atoms with Crippen LogP contribution in [-0.4, -0.2) is 19.7 Å². The average Bonchev–Trinajstić information content (AvgIpc) is 2.21. The number of urea groups is 1. The van der Waals surface area contributed by atoms with Crippen molar-refractivity contribution >= 4 is 11.7 Å². The van der Waals surface area contributed by atoms with E-state index in [2.05, 4.69) is 0 Å². The summed E-state index contributed by atoms with van der Waals surface area (Å²) in [7, 11) is 1.58. The first kappa shape index (κ1) is 11.4. The van der Waals surface area contributed by atoms with Gasteiger partial charge in [0.2, 0.25) is 0 Å². The summed E-state index contributed by atoms with van der Waals surface area (Å²) in [6, 6.07) is 5.15. The highest BCUT2D eigenvalue weighted by atomic mass is 16.5. The van der Waals surface area contributed by atoms with E-state index in [0.717, 1.165) is 11.3 Å². The molecule has 1 aromatic rings. The Morgan fingerprint density at radius 1 is 1.53 bits per heavy atom. The third-order valence-electron chi connectivity index (χ3n) is 2.27. The minimum absolute atomic E-state index is 0.467. The summed E-state index contributed by atoms with van der Waals surface area (Å²) in [5.74, 6) is 0.663. The van der Waals surface area contributed by atoms with Crippen LogP contribution in [0.3, 0.4) is 0 Å². The number of primary amides is 1. The van der Waals surface area contributed by atoms with Gasteiger partial charge in [-0.25, -0.2) is 4.79 Å². The molecule has 0 radical (unpaired) electrons. The van der Waals surface area contributed by atoms with Crippen LogP contribution in [0.4, 0.5) is 10.5 Å². The standard InChI is InChI=1S/C11H16N2O2/c1-4-13(11(12)14)10-8(2)6-5-7-9(10)15-3/h5-7H,4H2,1-3H3,(H2,12,14). The van der Waals surface area contributed by atoms with Crippen LogP contribution >= 0.6 is 0 Å². The smallest absolute Gasteiger partial charge is 0.319 e. The predicted molar refractivity (Wildman–Crippen MR) is 60.3 cm³/mol. The third-order valence-corrected chi connectivity index (χ3v) is 2.27. The van der Waals surface area contributed by atoms with E-state index in [-0.39, 0.29) is 0 Å². The van der Waals surface area contributed by atoms with Crippen molar-refractivity contribution in [2.45, 2.75) is 13.8 Å². The normalized spacial score (nSPS) is 9.80. The van der Waals surface area contributed by atoms with Gasteiger partial charge >= 0.3 is 6.03 Å². The summed E-state index contributed by atoms with van der Waals surface area (Å²) in [4.78, 5) is 12.7. The predicted octanol–water partition coefficient (Wildman–Crippen LogP) is 1.91. The van der Waals surface area contributed by atoms with Gasteiger partial charge in [0, 0.05) is 6.54 Å². The number of hydrogen-bond acceptors (Lipinski definition) is 2. The molecule has 0 saturated carbocycles. The van der Waals surface area contributed by atoms with Gasteiger partial charge in [0.15, 0.2) is 0 Å². The van der Waals surface area contributed by atoms with Crippen molar-refractivity contribution in [2.24, 2.45) is 5.73 Å². The van der Waals surface area contributed by atoms with Crippen LogP contribution in [-0.2, 0) is 0 Å². The molecule has 0 heterocycles. The molecule has 0 fully saturated rings. The molecular formula is C11H16N2O2. The summed E-state index contributed by atoms with van der Waals surface area (Å²) >= 11 is 0. The Morgan fingerprint density at radius 2 is 2.20 bits per heavy atom. The first-order valence-corrected chi connectivity index (χ1v) is 4.82. The monoisotopic (exact) mass is 208 g/mol. The molecule has 0 aromatic heterocycles. The molecule has 0 atom stereocenters. The second-order valence-corrected chi connectivity index (χ2v) is 3.21. The van der Waals surface area contributed by atoms with E-state index >= 15 is 0 Å². The molecule has 15 heavy (non-hydrogen) atoms. The molecule has 1 aromatic carbocycles. The fraction of sp³-hybridized carbons (Fsp3) is 0.364. The lowest BCUT2D eigenvalue weighted by Crippen LogP contribution is -2.36. The molecule has 1 rings (SSSR count). The number of nitrogens with two attached hydrogens (primary N) is 1. The summed E-state index contributed by atoms with van der Waals surface area (Å²) in [6.45, 7) is 4.32. The zero-order valence-electron chi connectivity index (χ0n) is 9.28. The van der Waals surface area contributed by atoms with Gasteiger partial charge < -0.3 is 10.5 Å². The zero-order chi connectivity index (χ0) is 11.4. The minimum Gasteiger partial charge on any atom is -0.495 e. The van der Waals surface area contributed by atoms with E-state index in [4.69, 9.17) is 10.5 Å². The van der Waals surface area contributed by atoms with Crippen LogP contribution in [0.2, 0.25) is 0 Å². The summed E-state index contributed by atoms with van der Waals surface area (Å²) in [6.07, 6.45) is 0. The number of rotatable bonds is 3.